The standard InChI is InChI=1S/C22H33I3N4O9/c1-27(7-12(34)10-32)9-14(36)28(2)20-18(24)15(21(37)26-3-5-30)17(23)16(19(20)25)22(38)29(4-6-31)8-13(35)11-33/h12-13,30-35H,3-11H2,1-2H3,(H,26,37). The molecule has 0 aromatic heterocycles. The van der Waals surface area contributed by atoms with Gasteiger partial charge in [0.25, 0.3) is 11.8 Å². The number of likely N-dealkylation sites (N-methyl/N-ethyl adjacent to an activating group) is 2. The number of benzene rings is 1. The highest BCUT2D eigenvalue weighted by Gasteiger charge is 2.33. The summed E-state index contributed by atoms with van der Waals surface area (Å²) < 4.78 is 0.989. The maximum Gasteiger partial charge on any atom is 0.256 e. The van der Waals surface area contributed by atoms with Crippen LogP contribution in [0.4, 0.5) is 5.69 Å². The first kappa shape index (κ1) is 35.6. The maximum absolute atomic E-state index is 13.7. The Bertz CT molecular complexity index is 986. The Kier molecular flexibility index (Phi) is 16.3. The van der Waals surface area contributed by atoms with E-state index in [0.717, 1.165) is 4.90 Å². The predicted molar refractivity (Wildman–Crippen MR) is 164 cm³/mol. The zero-order chi connectivity index (χ0) is 29.2. The molecule has 0 radical (unpaired) electrons. The predicted octanol–water partition coefficient (Wildman–Crippen LogP) is -1.74. The van der Waals surface area contributed by atoms with Gasteiger partial charge in [-0.15, -0.1) is 0 Å². The molecule has 216 valence electrons. The van der Waals surface area contributed by atoms with E-state index in [1.807, 2.05) is 67.8 Å². The Morgan fingerprint density at radius 3 is 1.92 bits per heavy atom. The van der Waals surface area contributed by atoms with E-state index in [9.17, 15) is 34.8 Å². The smallest absolute Gasteiger partial charge is 0.256 e. The summed E-state index contributed by atoms with van der Waals surface area (Å²) in [5, 5.41) is 59.2. The van der Waals surface area contributed by atoms with Gasteiger partial charge in [0.2, 0.25) is 5.91 Å². The summed E-state index contributed by atoms with van der Waals surface area (Å²) in [7, 11) is 3.08. The van der Waals surface area contributed by atoms with Crippen molar-refractivity contribution in [3.8, 4) is 0 Å². The molecule has 3 amide bonds. The monoisotopic (exact) mass is 878 g/mol. The van der Waals surface area contributed by atoms with Crippen molar-refractivity contribution in [1.29, 1.82) is 0 Å². The second-order valence-corrected chi connectivity index (χ2v) is 11.6. The lowest BCUT2D eigenvalue weighted by atomic mass is 10.1. The number of rotatable bonds is 15. The zero-order valence-electron chi connectivity index (χ0n) is 20.9. The Morgan fingerprint density at radius 1 is 0.842 bits per heavy atom. The molecule has 1 aromatic rings. The zero-order valence-corrected chi connectivity index (χ0v) is 27.4. The van der Waals surface area contributed by atoms with Crippen molar-refractivity contribution in [1.82, 2.24) is 15.1 Å². The molecule has 2 atom stereocenters. The van der Waals surface area contributed by atoms with Gasteiger partial charge < -0.3 is 45.8 Å². The molecule has 0 heterocycles. The van der Waals surface area contributed by atoms with Crippen LogP contribution in [0, 0.1) is 10.7 Å². The number of hydrogen-bond donors (Lipinski definition) is 7. The molecule has 0 aliphatic carbocycles. The van der Waals surface area contributed by atoms with Crippen molar-refractivity contribution in [3.05, 3.63) is 21.8 Å². The van der Waals surface area contributed by atoms with Crippen LogP contribution in [-0.2, 0) is 4.79 Å². The first-order chi connectivity index (χ1) is 17.9. The number of halogens is 3. The molecule has 16 heteroatoms. The fraction of sp³-hybridized carbons (Fsp3) is 0.591. The van der Waals surface area contributed by atoms with Gasteiger partial charge in [-0.25, -0.2) is 0 Å². The van der Waals surface area contributed by atoms with Crippen LogP contribution in [0.2, 0.25) is 0 Å². The SMILES string of the molecule is CN(CC(=O)N(C)c1c(I)c(C(=O)NCCO)c(I)c(C(=O)N(CCO)CC(O)CO)c1I)CC(O)CO. The number of hydrogen-bond acceptors (Lipinski definition) is 10. The van der Waals surface area contributed by atoms with Gasteiger partial charge in [-0.2, -0.15) is 0 Å². The van der Waals surface area contributed by atoms with Gasteiger partial charge in [-0.05, 0) is 74.8 Å². The quantitative estimate of drug-likeness (QED) is 0.0996. The lowest BCUT2D eigenvalue weighted by Crippen LogP contribution is -2.43. The number of aliphatic hydroxyl groups excluding tert-OH is 6. The topological polar surface area (TPSA) is 194 Å². The molecule has 1 aromatic carbocycles. The summed E-state index contributed by atoms with van der Waals surface area (Å²) in [4.78, 5) is 43.9. The molecular weight excluding hydrogens is 845 g/mol. The number of anilines is 1. The van der Waals surface area contributed by atoms with E-state index in [-0.39, 0.29) is 59.7 Å². The highest BCUT2D eigenvalue weighted by atomic mass is 127. The van der Waals surface area contributed by atoms with Crippen LogP contribution >= 0.6 is 67.8 Å². The fourth-order valence-electron chi connectivity index (χ4n) is 3.40. The second kappa shape index (κ2) is 17.4. The Hall–Kier alpha value is -0.460. The van der Waals surface area contributed by atoms with E-state index < -0.39 is 49.8 Å². The largest absolute Gasteiger partial charge is 0.395 e. The van der Waals surface area contributed by atoms with Crippen LogP contribution in [0.5, 0.6) is 0 Å². The second-order valence-electron chi connectivity index (χ2n) is 8.32. The van der Waals surface area contributed by atoms with Gasteiger partial charge in [-0.3, -0.25) is 19.3 Å². The van der Waals surface area contributed by atoms with E-state index >= 15 is 0 Å². The minimum atomic E-state index is -1.26. The lowest BCUT2D eigenvalue weighted by Gasteiger charge is -2.29. The number of nitrogens with zero attached hydrogens (tertiary/aromatic N) is 3. The van der Waals surface area contributed by atoms with Crippen LogP contribution in [0.15, 0.2) is 0 Å². The van der Waals surface area contributed by atoms with Crippen molar-refractivity contribution in [3.63, 3.8) is 0 Å². The number of amides is 3. The number of carbonyl (C=O) groups excluding carboxylic acids is 3. The van der Waals surface area contributed by atoms with Crippen LogP contribution in [0.1, 0.15) is 20.7 Å². The van der Waals surface area contributed by atoms with Gasteiger partial charge in [0.05, 0.1) is 69.1 Å². The van der Waals surface area contributed by atoms with Crippen molar-refractivity contribution in [2.75, 3.05) is 78.1 Å². The molecule has 0 saturated heterocycles. The Balaban J connectivity index is 3.70. The van der Waals surface area contributed by atoms with Gasteiger partial charge in [0, 0.05) is 36.8 Å². The first-order valence-electron chi connectivity index (χ1n) is 11.4. The summed E-state index contributed by atoms with van der Waals surface area (Å²) in [6, 6.07) is 0. The van der Waals surface area contributed by atoms with E-state index in [4.69, 9.17) is 10.2 Å². The molecular formula is C22H33I3N4O9. The van der Waals surface area contributed by atoms with Crippen molar-refractivity contribution in [2.24, 2.45) is 0 Å². The molecule has 1 rings (SSSR count). The van der Waals surface area contributed by atoms with Crippen molar-refractivity contribution >= 4 is 91.2 Å². The van der Waals surface area contributed by atoms with Gasteiger partial charge in [0.15, 0.2) is 0 Å². The van der Waals surface area contributed by atoms with Gasteiger partial charge in [0.1, 0.15) is 0 Å². The Morgan fingerprint density at radius 2 is 1.39 bits per heavy atom. The maximum atomic E-state index is 13.7. The Labute approximate surface area is 261 Å². The normalized spacial score (nSPS) is 12.8. The van der Waals surface area contributed by atoms with Gasteiger partial charge in [-0.1, -0.05) is 0 Å². The van der Waals surface area contributed by atoms with Crippen molar-refractivity contribution < 1.29 is 45.0 Å². The summed E-state index contributed by atoms with van der Waals surface area (Å²) >= 11 is 5.68. The lowest BCUT2D eigenvalue weighted by molar-refractivity contribution is -0.119. The van der Waals surface area contributed by atoms with E-state index in [0.29, 0.717) is 7.14 Å². The van der Waals surface area contributed by atoms with Gasteiger partial charge >= 0.3 is 0 Å². The highest BCUT2D eigenvalue weighted by molar-refractivity contribution is 14.1. The van der Waals surface area contributed by atoms with Crippen LogP contribution in [-0.4, -0.2) is 144 Å². The summed E-state index contributed by atoms with van der Waals surface area (Å²) in [5.41, 5.74) is 0.448. The fourth-order valence-corrected chi connectivity index (χ4v) is 8.24. The van der Waals surface area contributed by atoms with E-state index in [1.165, 1.54) is 16.8 Å². The molecule has 0 spiro atoms. The number of nitrogens with one attached hydrogen (secondary N) is 1. The number of aliphatic hydroxyl groups is 6. The average molecular weight is 878 g/mol. The molecule has 0 saturated carbocycles. The van der Waals surface area contributed by atoms with E-state index in [2.05, 4.69) is 5.32 Å². The summed E-state index contributed by atoms with van der Waals surface area (Å²) in [6.07, 6.45) is -2.29. The molecule has 0 aliphatic rings. The van der Waals surface area contributed by atoms with Crippen LogP contribution < -0.4 is 10.2 Å². The number of carbonyl (C=O) groups is 3. The molecule has 2 unspecified atom stereocenters. The van der Waals surface area contributed by atoms with Crippen LogP contribution in [0.3, 0.4) is 0 Å². The van der Waals surface area contributed by atoms with Crippen LogP contribution in [0.25, 0.3) is 0 Å². The van der Waals surface area contributed by atoms with E-state index in [1.54, 1.807) is 7.05 Å². The van der Waals surface area contributed by atoms with Crippen molar-refractivity contribution in [2.45, 2.75) is 12.2 Å². The minimum Gasteiger partial charge on any atom is -0.395 e. The first-order valence-corrected chi connectivity index (χ1v) is 14.6. The third-order valence-corrected chi connectivity index (χ3v) is 8.46. The molecule has 38 heavy (non-hydrogen) atoms. The average Bonchev–Trinajstić information content (AvgIpc) is 2.86. The molecule has 0 bridgehead atoms. The molecule has 0 fully saturated rings. The third-order valence-electron chi connectivity index (χ3n) is 5.28. The summed E-state index contributed by atoms with van der Waals surface area (Å²) in [5.74, 6) is -1.62. The molecule has 13 nitrogen and oxygen atoms in total. The molecule has 7 N–H and O–H groups in total. The molecule has 0 aliphatic heterocycles. The summed E-state index contributed by atoms with van der Waals surface area (Å²) in [6.45, 7) is -2.36. The minimum absolute atomic E-state index is 0.0400. The highest BCUT2D eigenvalue weighted by Crippen LogP contribution is 2.38. The third kappa shape index (κ3) is 9.58.